The van der Waals surface area contributed by atoms with Gasteiger partial charge in [-0.3, -0.25) is 0 Å². The number of benzene rings is 9. The van der Waals surface area contributed by atoms with Crippen molar-refractivity contribution in [3.05, 3.63) is 224 Å². The summed E-state index contributed by atoms with van der Waals surface area (Å²) in [7, 11) is 0. The Morgan fingerprint density at radius 1 is 0.359 bits per heavy atom. The first kappa shape index (κ1) is 37.1. The van der Waals surface area contributed by atoms with Crippen molar-refractivity contribution in [3.63, 3.8) is 0 Å². The van der Waals surface area contributed by atoms with Crippen molar-refractivity contribution in [2.24, 2.45) is 0 Å². The Balaban J connectivity index is 1.03. The predicted octanol–water partition coefficient (Wildman–Crippen LogP) is 14.7. The lowest BCUT2D eigenvalue weighted by Crippen LogP contribution is -2.00. The molecule has 0 spiro atoms. The summed E-state index contributed by atoms with van der Waals surface area (Å²) in [5, 5.41) is 9.27. The van der Waals surface area contributed by atoms with Crippen LogP contribution in [0.15, 0.2) is 224 Å². The molecule has 6 nitrogen and oxygen atoms in total. The number of nitrogens with zero attached hydrogens (tertiary/aromatic N) is 5. The maximum atomic E-state index is 5.26. The molecular weight excluding hydrogens is 781 g/mol. The second kappa shape index (κ2) is 15.6. The van der Waals surface area contributed by atoms with Gasteiger partial charge in [0.2, 0.25) is 0 Å². The second-order valence-electron chi connectivity index (χ2n) is 15.9. The molecule has 0 aliphatic rings. The standard InChI is InChI=1S/C58H38N6/c1-5-17-38(18-6-1)45-25-13-15-27-50(45)59-43-32-29-41(30-33-43)57-61-56(40-21-9-3-10-22-40)62-58(63-57)42-31-36-52-49(37-42)46-34-35-48-53(55(46)64(52)44-23-11-4-12-24-44)47-26-14-16-28-51(47)60-54(48)39-19-7-2-8-20-39/h1-37,59H. The molecule has 0 aliphatic heterocycles. The SMILES string of the molecule is c1ccc(-c2nc(-c3ccc(Nc4ccccc4-c4ccccc4)cc3)nc(-c3ccc4c(c3)c3ccc5c(-c6ccccc6)nc6ccccc6c5c3n4-c3ccccc3)n2)cc1. The van der Waals surface area contributed by atoms with Crippen LogP contribution in [0, 0.1) is 0 Å². The molecule has 3 aromatic heterocycles. The van der Waals surface area contributed by atoms with Crippen molar-refractivity contribution in [1.82, 2.24) is 24.5 Å². The molecule has 0 aliphatic carbocycles. The van der Waals surface area contributed by atoms with Gasteiger partial charge in [-0.25, -0.2) is 19.9 Å². The third kappa shape index (κ3) is 6.53. The van der Waals surface area contributed by atoms with Gasteiger partial charge in [-0.15, -0.1) is 0 Å². The third-order valence-electron chi connectivity index (χ3n) is 12.0. The lowest BCUT2D eigenvalue weighted by Gasteiger charge is -2.14. The number of nitrogens with one attached hydrogen (secondary N) is 1. The molecule has 12 rings (SSSR count). The van der Waals surface area contributed by atoms with Crippen molar-refractivity contribution < 1.29 is 0 Å². The molecule has 1 N–H and O–H groups in total. The van der Waals surface area contributed by atoms with Gasteiger partial charge in [0.25, 0.3) is 0 Å². The van der Waals surface area contributed by atoms with Crippen LogP contribution in [0.4, 0.5) is 11.4 Å². The van der Waals surface area contributed by atoms with E-state index in [0.717, 1.165) is 94.2 Å². The fourth-order valence-corrected chi connectivity index (χ4v) is 9.01. The van der Waals surface area contributed by atoms with Crippen LogP contribution < -0.4 is 5.32 Å². The minimum Gasteiger partial charge on any atom is -0.355 e. The monoisotopic (exact) mass is 818 g/mol. The van der Waals surface area contributed by atoms with Crippen LogP contribution in [-0.4, -0.2) is 24.5 Å². The minimum absolute atomic E-state index is 0.602. The Hall–Kier alpha value is -8.74. The van der Waals surface area contributed by atoms with E-state index in [9.17, 15) is 0 Å². The second-order valence-corrected chi connectivity index (χ2v) is 15.9. The van der Waals surface area contributed by atoms with Gasteiger partial charge in [0.15, 0.2) is 17.5 Å². The van der Waals surface area contributed by atoms with Crippen LogP contribution >= 0.6 is 0 Å². The van der Waals surface area contributed by atoms with E-state index in [1.54, 1.807) is 0 Å². The summed E-state index contributed by atoms with van der Waals surface area (Å²) >= 11 is 0. The lowest BCUT2D eigenvalue weighted by atomic mass is 9.97. The van der Waals surface area contributed by atoms with Crippen molar-refractivity contribution in [2.45, 2.75) is 0 Å². The Labute approximate surface area is 369 Å². The fourth-order valence-electron chi connectivity index (χ4n) is 9.01. The van der Waals surface area contributed by atoms with Crippen LogP contribution in [0.3, 0.4) is 0 Å². The molecule has 6 heteroatoms. The molecule has 9 aromatic carbocycles. The van der Waals surface area contributed by atoms with Crippen molar-refractivity contribution in [3.8, 4) is 62.2 Å². The summed E-state index contributed by atoms with van der Waals surface area (Å²) in [4.78, 5) is 20.7. The number of rotatable bonds is 8. The van der Waals surface area contributed by atoms with Gasteiger partial charge in [0.1, 0.15) is 0 Å². The molecule has 0 fully saturated rings. The molecule has 3 heterocycles. The Morgan fingerprint density at radius 2 is 0.906 bits per heavy atom. The Morgan fingerprint density at radius 3 is 1.62 bits per heavy atom. The maximum Gasteiger partial charge on any atom is 0.164 e. The topological polar surface area (TPSA) is 68.5 Å². The highest BCUT2D eigenvalue weighted by Gasteiger charge is 2.21. The molecule has 300 valence electrons. The zero-order chi connectivity index (χ0) is 42.4. The molecule has 0 atom stereocenters. The molecule has 0 saturated heterocycles. The van der Waals surface area contributed by atoms with Crippen LogP contribution in [0.1, 0.15) is 0 Å². The van der Waals surface area contributed by atoms with Gasteiger partial charge in [-0.05, 0) is 72.3 Å². The quantitative estimate of drug-likeness (QED) is 0.155. The fraction of sp³-hybridized carbons (Fsp3) is 0. The van der Waals surface area contributed by atoms with Crippen LogP contribution in [0.2, 0.25) is 0 Å². The van der Waals surface area contributed by atoms with Gasteiger partial charge < -0.3 is 9.88 Å². The Kier molecular flexibility index (Phi) is 9.05. The van der Waals surface area contributed by atoms with E-state index >= 15 is 0 Å². The molecule has 64 heavy (non-hydrogen) atoms. The number of aromatic nitrogens is 5. The highest BCUT2D eigenvalue weighted by Crippen LogP contribution is 2.43. The van der Waals surface area contributed by atoms with E-state index in [-0.39, 0.29) is 0 Å². The van der Waals surface area contributed by atoms with Crippen LogP contribution in [0.25, 0.3) is 106 Å². The average molecular weight is 819 g/mol. The summed E-state index contributed by atoms with van der Waals surface area (Å²) in [5.74, 6) is 1.82. The number of hydrogen-bond donors (Lipinski definition) is 1. The summed E-state index contributed by atoms with van der Waals surface area (Å²) in [5.41, 5.74) is 13.3. The summed E-state index contributed by atoms with van der Waals surface area (Å²) in [6.07, 6.45) is 0. The highest BCUT2D eigenvalue weighted by atomic mass is 15.0. The number of para-hydroxylation sites is 3. The minimum atomic E-state index is 0.602. The van der Waals surface area contributed by atoms with E-state index in [1.807, 2.05) is 36.4 Å². The number of anilines is 2. The van der Waals surface area contributed by atoms with E-state index in [0.29, 0.717) is 17.5 Å². The van der Waals surface area contributed by atoms with Crippen LogP contribution in [0.5, 0.6) is 0 Å². The highest BCUT2D eigenvalue weighted by molar-refractivity contribution is 6.27. The van der Waals surface area contributed by atoms with Crippen molar-refractivity contribution in [1.29, 1.82) is 0 Å². The van der Waals surface area contributed by atoms with Crippen molar-refractivity contribution in [2.75, 3.05) is 5.32 Å². The summed E-state index contributed by atoms with van der Waals surface area (Å²) in [6, 6.07) is 78.0. The predicted molar refractivity (Wildman–Crippen MR) is 264 cm³/mol. The first-order chi connectivity index (χ1) is 31.7. The third-order valence-corrected chi connectivity index (χ3v) is 12.0. The Bertz CT molecular complexity index is 3660. The molecule has 12 aromatic rings. The van der Waals surface area contributed by atoms with Crippen molar-refractivity contribution >= 4 is 54.9 Å². The maximum absolute atomic E-state index is 5.26. The normalized spacial score (nSPS) is 11.4. The average Bonchev–Trinajstić information content (AvgIpc) is 3.71. The van der Waals surface area contributed by atoms with Gasteiger partial charge in [0.05, 0.1) is 22.2 Å². The summed E-state index contributed by atoms with van der Waals surface area (Å²) in [6.45, 7) is 0. The number of hydrogen-bond acceptors (Lipinski definition) is 5. The lowest BCUT2D eigenvalue weighted by molar-refractivity contribution is 1.07. The molecule has 0 radical (unpaired) electrons. The van der Waals surface area contributed by atoms with Gasteiger partial charge in [0, 0.05) is 71.8 Å². The molecule has 0 bridgehead atoms. The molecular formula is C58H38N6. The first-order valence-corrected chi connectivity index (χ1v) is 21.5. The first-order valence-electron chi connectivity index (χ1n) is 21.5. The van der Waals surface area contributed by atoms with E-state index in [1.165, 1.54) is 5.39 Å². The largest absolute Gasteiger partial charge is 0.355 e. The van der Waals surface area contributed by atoms with Gasteiger partial charge in [-0.2, -0.15) is 0 Å². The van der Waals surface area contributed by atoms with E-state index < -0.39 is 0 Å². The number of pyridine rings is 1. The number of fused-ring (bicyclic) bond motifs is 7. The zero-order valence-electron chi connectivity index (χ0n) is 34.6. The smallest absolute Gasteiger partial charge is 0.164 e. The zero-order valence-corrected chi connectivity index (χ0v) is 34.6. The van der Waals surface area contributed by atoms with Crippen LogP contribution in [-0.2, 0) is 0 Å². The van der Waals surface area contributed by atoms with E-state index in [2.05, 4.69) is 198 Å². The molecule has 0 saturated carbocycles. The van der Waals surface area contributed by atoms with Gasteiger partial charge >= 0.3 is 0 Å². The van der Waals surface area contributed by atoms with E-state index in [4.69, 9.17) is 19.9 Å². The van der Waals surface area contributed by atoms with Gasteiger partial charge in [-0.1, -0.05) is 158 Å². The molecule has 0 unspecified atom stereocenters. The summed E-state index contributed by atoms with van der Waals surface area (Å²) < 4.78 is 2.40. The molecule has 0 amide bonds.